The summed E-state index contributed by atoms with van der Waals surface area (Å²) in [7, 11) is 0. The Morgan fingerprint density at radius 1 is 1.30 bits per heavy atom. The molecule has 0 bridgehead atoms. The fourth-order valence-corrected chi connectivity index (χ4v) is 2.03. The zero-order valence-corrected chi connectivity index (χ0v) is 11.4. The number of carbonyl (C=O) groups excluding carboxylic acids is 1. The van der Waals surface area contributed by atoms with Gasteiger partial charge >= 0.3 is 0 Å². The number of nitrogens with zero attached hydrogens (tertiary/aromatic N) is 1. The van der Waals surface area contributed by atoms with Crippen molar-refractivity contribution in [3.63, 3.8) is 0 Å². The van der Waals surface area contributed by atoms with E-state index in [1.54, 1.807) is 0 Å². The van der Waals surface area contributed by atoms with Gasteiger partial charge in [0.2, 0.25) is 0 Å². The molecule has 0 saturated heterocycles. The number of hydrogen-bond acceptors (Lipinski definition) is 5. The Balaban J connectivity index is 1.54. The Bertz CT molecular complexity index is 433. The van der Waals surface area contributed by atoms with E-state index in [4.69, 9.17) is 9.57 Å². The van der Waals surface area contributed by atoms with E-state index in [0.717, 1.165) is 30.7 Å². The summed E-state index contributed by atoms with van der Waals surface area (Å²) in [5, 5.41) is 4.01. The molecule has 1 aromatic carbocycles. The molecule has 0 saturated carbocycles. The minimum Gasteiger partial charge on any atom is -0.494 e. The van der Waals surface area contributed by atoms with Gasteiger partial charge in [0.15, 0.2) is 0 Å². The molecule has 0 aliphatic carbocycles. The van der Waals surface area contributed by atoms with Gasteiger partial charge in [0.25, 0.3) is 6.47 Å². The quantitative estimate of drug-likeness (QED) is 0.514. The first kappa shape index (κ1) is 14.4. The lowest BCUT2D eigenvalue weighted by Crippen LogP contribution is -2.11. The minimum absolute atomic E-state index is 0.126. The molecule has 1 aliphatic rings. The molecule has 108 valence electrons. The van der Waals surface area contributed by atoms with Crippen LogP contribution in [0.1, 0.15) is 25.7 Å². The normalized spacial score (nSPS) is 17.2. The fourth-order valence-electron chi connectivity index (χ4n) is 2.03. The van der Waals surface area contributed by atoms with Crippen molar-refractivity contribution >= 4 is 12.2 Å². The SMILES string of the molecule is O=COCCC1=NOC(CCCOc2ccccc2)C1. The summed E-state index contributed by atoms with van der Waals surface area (Å²) in [4.78, 5) is 15.4. The van der Waals surface area contributed by atoms with Crippen LogP contribution in [-0.4, -0.2) is 31.5 Å². The summed E-state index contributed by atoms with van der Waals surface area (Å²) in [6.07, 6.45) is 3.42. The molecular formula is C15H19NO4. The molecule has 1 atom stereocenters. The van der Waals surface area contributed by atoms with E-state index < -0.39 is 0 Å². The van der Waals surface area contributed by atoms with E-state index >= 15 is 0 Å². The monoisotopic (exact) mass is 277 g/mol. The molecule has 1 aliphatic heterocycles. The van der Waals surface area contributed by atoms with Crippen molar-refractivity contribution in [2.75, 3.05) is 13.2 Å². The first-order valence-electron chi connectivity index (χ1n) is 6.83. The lowest BCUT2D eigenvalue weighted by atomic mass is 10.1. The summed E-state index contributed by atoms with van der Waals surface area (Å²) in [5.41, 5.74) is 0.959. The average Bonchev–Trinajstić information content (AvgIpc) is 2.93. The first-order valence-corrected chi connectivity index (χ1v) is 6.83. The maximum atomic E-state index is 10.0. The third-order valence-electron chi connectivity index (χ3n) is 3.05. The fraction of sp³-hybridized carbons (Fsp3) is 0.467. The standard InChI is InChI=1S/C15H19NO4/c17-12-18-10-8-13-11-15(20-16-13)7-4-9-19-14-5-2-1-3-6-14/h1-3,5-6,12,15H,4,7-11H2. The molecule has 1 unspecified atom stereocenters. The molecule has 5 nitrogen and oxygen atoms in total. The molecule has 0 fully saturated rings. The number of benzene rings is 1. The molecule has 0 N–H and O–H groups in total. The van der Waals surface area contributed by atoms with Crippen molar-refractivity contribution in [3.8, 4) is 5.75 Å². The van der Waals surface area contributed by atoms with Gasteiger partial charge in [0.05, 0.1) is 18.9 Å². The van der Waals surface area contributed by atoms with Crippen molar-refractivity contribution in [1.29, 1.82) is 0 Å². The Hall–Kier alpha value is -2.04. The zero-order valence-electron chi connectivity index (χ0n) is 11.4. The molecule has 0 amide bonds. The van der Waals surface area contributed by atoms with E-state index in [9.17, 15) is 4.79 Å². The maximum absolute atomic E-state index is 10.0. The van der Waals surface area contributed by atoms with Crippen molar-refractivity contribution in [2.24, 2.45) is 5.16 Å². The van der Waals surface area contributed by atoms with Gasteiger partial charge in [0, 0.05) is 12.8 Å². The third kappa shape index (κ3) is 4.91. The lowest BCUT2D eigenvalue weighted by molar-refractivity contribution is -0.128. The Kier molecular flexibility index (Phi) is 5.89. The third-order valence-corrected chi connectivity index (χ3v) is 3.05. The van der Waals surface area contributed by atoms with Crippen LogP contribution >= 0.6 is 0 Å². The second kappa shape index (κ2) is 8.19. The van der Waals surface area contributed by atoms with Gasteiger partial charge in [-0.05, 0) is 25.0 Å². The van der Waals surface area contributed by atoms with Gasteiger partial charge in [0.1, 0.15) is 11.9 Å². The van der Waals surface area contributed by atoms with Crippen LogP contribution < -0.4 is 4.74 Å². The number of rotatable bonds is 9. The topological polar surface area (TPSA) is 57.1 Å². The number of ether oxygens (including phenoxy) is 2. The van der Waals surface area contributed by atoms with Crippen LogP contribution in [0.5, 0.6) is 5.75 Å². The Labute approximate surface area is 118 Å². The highest BCUT2D eigenvalue weighted by Crippen LogP contribution is 2.18. The largest absolute Gasteiger partial charge is 0.494 e. The molecule has 2 rings (SSSR count). The van der Waals surface area contributed by atoms with E-state index in [1.807, 2.05) is 30.3 Å². The van der Waals surface area contributed by atoms with E-state index in [1.165, 1.54) is 0 Å². The number of para-hydroxylation sites is 1. The lowest BCUT2D eigenvalue weighted by Gasteiger charge is -2.09. The van der Waals surface area contributed by atoms with Crippen LogP contribution in [-0.2, 0) is 14.4 Å². The molecule has 20 heavy (non-hydrogen) atoms. The minimum atomic E-state index is 0.126. The summed E-state index contributed by atoms with van der Waals surface area (Å²) in [6.45, 7) is 1.50. The second-order valence-electron chi connectivity index (χ2n) is 4.61. The average molecular weight is 277 g/mol. The summed E-state index contributed by atoms with van der Waals surface area (Å²) in [5.74, 6) is 0.891. The molecule has 0 spiro atoms. The number of hydrogen-bond donors (Lipinski definition) is 0. The van der Waals surface area contributed by atoms with Crippen molar-refractivity contribution in [3.05, 3.63) is 30.3 Å². The van der Waals surface area contributed by atoms with Crippen molar-refractivity contribution in [1.82, 2.24) is 0 Å². The smallest absolute Gasteiger partial charge is 0.293 e. The van der Waals surface area contributed by atoms with Gasteiger partial charge < -0.3 is 14.3 Å². The highest BCUT2D eigenvalue weighted by molar-refractivity contribution is 5.85. The highest BCUT2D eigenvalue weighted by Gasteiger charge is 2.20. The van der Waals surface area contributed by atoms with Gasteiger partial charge in [-0.1, -0.05) is 23.4 Å². The van der Waals surface area contributed by atoms with E-state index in [2.05, 4.69) is 9.89 Å². The Morgan fingerprint density at radius 2 is 2.15 bits per heavy atom. The van der Waals surface area contributed by atoms with Crippen molar-refractivity contribution in [2.45, 2.75) is 31.8 Å². The van der Waals surface area contributed by atoms with Gasteiger partial charge in [-0.3, -0.25) is 4.79 Å². The van der Waals surface area contributed by atoms with E-state index in [0.29, 0.717) is 26.1 Å². The van der Waals surface area contributed by atoms with Crippen LogP contribution in [0.15, 0.2) is 35.5 Å². The molecule has 0 aromatic heterocycles. The zero-order chi connectivity index (χ0) is 14.0. The van der Waals surface area contributed by atoms with Crippen LogP contribution in [0, 0.1) is 0 Å². The predicted octanol–water partition coefficient (Wildman–Crippen LogP) is 2.55. The number of carbonyl (C=O) groups is 1. The maximum Gasteiger partial charge on any atom is 0.293 e. The molecule has 5 heteroatoms. The van der Waals surface area contributed by atoms with Gasteiger partial charge in [-0.25, -0.2) is 0 Å². The Morgan fingerprint density at radius 3 is 2.95 bits per heavy atom. The van der Waals surface area contributed by atoms with Gasteiger partial charge in [-0.2, -0.15) is 0 Å². The van der Waals surface area contributed by atoms with Crippen molar-refractivity contribution < 1.29 is 19.1 Å². The van der Waals surface area contributed by atoms with Crippen LogP contribution in [0.4, 0.5) is 0 Å². The summed E-state index contributed by atoms with van der Waals surface area (Å²) < 4.78 is 10.3. The van der Waals surface area contributed by atoms with Crippen LogP contribution in [0.25, 0.3) is 0 Å². The summed E-state index contributed by atoms with van der Waals surface area (Å²) in [6, 6.07) is 9.76. The molecule has 0 radical (unpaired) electrons. The number of oxime groups is 1. The molecule has 1 heterocycles. The molecule has 1 aromatic rings. The first-order chi connectivity index (χ1) is 9.88. The van der Waals surface area contributed by atoms with Gasteiger partial charge in [-0.15, -0.1) is 0 Å². The predicted molar refractivity (Wildman–Crippen MR) is 74.7 cm³/mol. The van der Waals surface area contributed by atoms with Crippen LogP contribution in [0.2, 0.25) is 0 Å². The second-order valence-corrected chi connectivity index (χ2v) is 4.61. The highest BCUT2D eigenvalue weighted by atomic mass is 16.6. The summed E-state index contributed by atoms with van der Waals surface area (Å²) >= 11 is 0. The van der Waals surface area contributed by atoms with Crippen LogP contribution in [0.3, 0.4) is 0 Å². The molecular weight excluding hydrogens is 258 g/mol. The van der Waals surface area contributed by atoms with E-state index in [-0.39, 0.29) is 6.10 Å².